The van der Waals surface area contributed by atoms with E-state index in [-0.39, 0.29) is 30.4 Å². The summed E-state index contributed by atoms with van der Waals surface area (Å²) < 4.78 is 31.7. The monoisotopic (exact) mass is 430 g/mol. The van der Waals surface area contributed by atoms with Gasteiger partial charge in [0, 0.05) is 19.5 Å². The lowest BCUT2D eigenvalue weighted by Crippen LogP contribution is -2.30. The third-order valence-electron chi connectivity index (χ3n) is 4.94. The minimum Gasteiger partial charge on any atom is -0.460 e. The molecule has 160 valence electrons. The van der Waals surface area contributed by atoms with Crippen LogP contribution in [-0.2, 0) is 37.4 Å². The highest BCUT2D eigenvalue weighted by atomic mass is 32.2. The van der Waals surface area contributed by atoms with Gasteiger partial charge in [-0.3, -0.25) is 9.59 Å². The number of nitrogens with one attached hydrogen (secondary N) is 1. The molecule has 0 unspecified atom stereocenters. The lowest BCUT2D eigenvalue weighted by atomic mass is 10.1. The van der Waals surface area contributed by atoms with Gasteiger partial charge in [0.15, 0.2) is 0 Å². The normalized spacial score (nSPS) is 14.4. The maximum absolute atomic E-state index is 12.5. The zero-order valence-electron chi connectivity index (χ0n) is 16.7. The summed E-state index contributed by atoms with van der Waals surface area (Å²) in [5.74, 6) is -0.760. The number of esters is 1. The van der Waals surface area contributed by atoms with Crippen LogP contribution in [0, 0.1) is 0 Å². The number of sulfonamides is 1. The molecule has 1 aliphatic rings. The molecule has 2 aromatic rings. The predicted octanol–water partition coefficient (Wildman–Crippen LogP) is 2.26. The second kappa shape index (κ2) is 10.4. The Hall–Kier alpha value is -2.71. The van der Waals surface area contributed by atoms with Gasteiger partial charge in [0.1, 0.15) is 13.2 Å². The van der Waals surface area contributed by atoms with Gasteiger partial charge in [-0.25, -0.2) is 8.42 Å². The molecule has 3 rings (SSSR count). The largest absolute Gasteiger partial charge is 0.460 e. The Morgan fingerprint density at radius 1 is 0.933 bits per heavy atom. The molecule has 0 saturated carbocycles. The topological polar surface area (TPSA) is 92.8 Å². The fourth-order valence-corrected chi connectivity index (χ4v) is 4.73. The van der Waals surface area contributed by atoms with Gasteiger partial charge >= 0.3 is 5.97 Å². The number of hydrogen-bond donors (Lipinski definition) is 1. The third-order valence-corrected chi connectivity index (χ3v) is 6.85. The van der Waals surface area contributed by atoms with Crippen LogP contribution in [-0.4, -0.2) is 44.2 Å². The van der Waals surface area contributed by atoms with Crippen molar-refractivity contribution in [3.63, 3.8) is 0 Å². The van der Waals surface area contributed by atoms with Gasteiger partial charge < -0.3 is 10.1 Å². The van der Waals surface area contributed by atoms with Crippen LogP contribution >= 0.6 is 0 Å². The second-order valence-corrected chi connectivity index (χ2v) is 9.12. The van der Waals surface area contributed by atoms with Crippen LogP contribution < -0.4 is 5.32 Å². The third kappa shape index (κ3) is 6.14. The molecule has 0 radical (unpaired) electrons. The number of amides is 1. The van der Waals surface area contributed by atoms with Crippen LogP contribution in [0.25, 0.3) is 0 Å². The molecule has 1 aliphatic heterocycles. The average molecular weight is 431 g/mol. The first-order valence-corrected chi connectivity index (χ1v) is 11.4. The highest BCUT2D eigenvalue weighted by Crippen LogP contribution is 2.21. The Labute approximate surface area is 177 Å². The van der Waals surface area contributed by atoms with Crippen LogP contribution in [0.5, 0.6) is 0 Å². The molecule has 2 aromatic carbocycles. The number of carbonyl (C=O) groups excluding carboxylic acids is 2. The molecule has 0 bridgehead atoms. The molecule has 1 amide bonds. The quantitative estimate of drug-likeness (QED) is 0.616. The van der Waals surface area contributed by atoms with Crippen LogP contribution in [0.15, 0.2) is 59.5 Å². The molecule has 1 N–H and O–H groups in total. The SMILES string of the molecule is O=C(CCc1ccc(S(=O)(=O)N2CCCC2)cc1)NCC(=O)OCc1ccccc1. The smallest absolute Gasteiger partial charge is 0.325 e. The molecule has 0 spiro atoms. The Morgan fingerprint density at radius 2 is 1.60 bits per heavy atom. The zero-order chi connectivity index (χ0) is 21.4. The molecule has 1 heterocycles. The summed E-state index contributed by atoms with van der Waals surface area (Å²) >= 11 is 0. The minimum atomic E-state index is -3.43. The van der Waals surface area contributed by atoms with E-state index >= 15 is 0 Å². The number of ether oxygens (including phenoxy) is 1. The van der Waals surface area contributed by atoms with Crippen molar-refractivity contribution in [2.24, 2.45) is 0 Å². The Kier molecular flexibility index (Phi) is 7.59. The number of aryl methyl sites for hydroxylation is 1. The molecule has 0 atom stereocenters. The first kappa shape index (κ1) is 22.0. The van der Waals surface area contributed by atoms with E-state index in [4.69, 9.17) is 4.74 Å². The molecule has 0 aliphatic carbocycles. The fourth-order valence-electron chi connectivity index (χ4n) is 3.21. The van der Waals surface area contributed by atoms with Crippen molar-refractivity contribution in [3.05, 3.63) is 65.7 Å². The number of nitrogens with zero attached hydrogens (tertiary/aromatic N) is 1. The summed E-state index contributed by atoms with van der Waals surface area (Å²) in [7, 11) is -3.43. The van der Waals surface area contributed by atoms with E-state index in [1.807, 2.05) is 30.3 Å². The van der Waals surface area contributed by atoms with Crippen molar-refractivity contribution in [2.75, 3.05) is 19.6 Å². The van der Waals surface area contributed by atoms with E-state index in [0.29, 0.717) is 19.5 Å². The highest BCUT2D eigenvalue weighted by Gasteiger charge is 2.26. The Bertz CT molecular complexity index is 953. The van der Waals surface area contributed by atoms with Gasteiger partial charge in [0.05, 0.1) is 4.90 Å². The van der Waals surface area contributed by atoms with Crippen molar-refractivity contribution < 1.29 is 22.7 Å². The number of rotatable bonds is 9. The summed E-state index contributed by atoms with van der Waals surface area (Å²) in [5, 5.41) is 2.55. The summed E-state index contributed by atoms with van der Waals surface area (Å²) in [5.41, 5.74) is 1.74. The second-order valence-electron chi connectivity index (χ2n) is 7.18. The summed E-state index contributed by atoms with van der Waals surface area (Å²) in [6.45, 7) is 1.12. The van der Waals surface area contributed by atoms with E-state index in [9.17, 15) is 18.0 Å². The van der Waals surface area contributed by atoms with Gasteiger partial charge in [-0.2, -0.15) is 4.31 Å². The molecule has 8 heteroatoms. The van der Waals surface area contributed by atoms with Gasteiger partial charge in [-0.15, -0.1) is 0 Å². The molecule has 1 fully saturated rings. The average Bonchev–Trinajstić information content (AvgIpc) is 3.32. The highest BCUT2D eigenvalue weighted by molar-refractivity contribution is 7.89. The van der Waals surface area contributed by atoms with E-state index < -0.39 is 16.0 Å². The van der Waals surface area contributed by atoms with Gasteiger partial charge in [-0.05, 0) is 42.5 Å². The van der Waals surface area contributed by atoms with Crippen LogP contribution in [0.3, 0.4) is 0 Å². The van der Waals surface area contributed by atoms with Crippen molar-refractivity contribution in [3.8, 4) is 0 Å². The van der Waals surface area contributed by atoms with E-state index in [0.717, 1.165) is 24.0 Å². The molecule has 30 heavy (non-hydrogen) atoms. The molecule has 7 nitrogen and oxygen atoms in total. The van der Waals surface area contributed by atoms with E-state index in [1.165, 1.54) is 4.31 Å². The lowest BCUT2D eigenvalue weighted by molar-refractivity contribution is -0.145. The zero-order valence-corrected chi connectivity index (χ0v) is 17.6. The van der Waals surface area contributed by atoms with Crippen LogP contribution in [0.2, 0.25) is 0 Å². The van der Waals surface area contributed by atoms with Crippen LogP contribution in [0.4, 0.5) is 0 Å². The maximum Gasteiger partial charge on any atom is 0.325 e. The Balaban J connectivity index is 1.39. The van der Waals surface area contributed by atoms with Gasteiger partial charge in [0.25, 0.3) is 0 Å². The minimum absolute atomic E-state index is 0.169. The van der Waals surface area contributed by atoms with Crippen molar-refractivity contribution >= 4 is 21.9 Å². The fraction of sp³-hybridized carbons (Fsp3) is 0.364. The predicted molar refractivity (Wildman–Crippen MR) is 112 cm³/mol. The molecule has 0 aromatic heterocycles. The molecule has 1 saturated heterocycles. The van der Waals surface area contributed by atoms with Crippen LogP contribution in [0.1, 0.15) is 30.4 Å². The summed E-state index contributed by atoms with van der Waals surface area (Å²) in [6, 6.07) is 15.9. The van der Waals surface area contributed by atoms with Gasteiger partial charge in [0.2, 0.25) is 15.9 Å². The lowest BCUT2D eigenvalue weighted by Gasteiger charge is -2.15. The van der Waals surface area contributed by atoms with E-state index in [1.54, 1.807) is 24.3 Å². The summed E-state index contributed by atoms with van der Waals surface area (Å²) in [4.78, 5) is 24.0. The van der Waals surface area contributed by atoms with Crippen molar-refractivity contribution in [1.82, 2.24) is 9.62 Å². The summed E-state index contributed by atoms with van der Waals surface area (Å²) in [6.07, 6.45) is 2.44. The first-order chi connectivity index (χ1) is 14.4. The maximum atomic E-state index is 12.5. The van der Waals surface area contributed by atoms with Crippen molar-refractivity contribution in [1.29, 1.82) is 0 Å². The standard InChI is InChI=1S/C22H26N2O5S/c25-21(23-16-22(26)29-17-19-6-2-1-3-7-19)13-10-18-8-11-20(12-9-18)30(27,28)24-14-4-5-15-24/h1-3,6-9,11-12H,4-5,10,13-17H2,(H,23,25). The number of benzene rings is 2. The van der Waals surface area contributed by atoms with Crippen molar-refractivity contribution in [2.45, 2.75) is 37.2 Å². The Morgan fingerprint density at radius 3 is 2.27 bits per heavy atom. The molecular weight excluding hydrogens is 404 g/mol. The number of hydrogen-bond acceptors (Lipinski definition) is 5. The van der Waals surface area contributed by atoms with Gasteiger partial charge in [-0.1, -0.05) is 42.5 Å². The van der Waals surface area contributed by atoms with E-state index in [2.05, 4.69) is 5.32 Å². The number of carbonyl (C=O) groups is 2. The first-order valence-electron chi connectivity index (χ1n) is 10.0. The molecular formula is C22H26N2O5S.